The van der Waals surface area contributed by atoms with E-state index in [1.807, 2.05) is 6.21 Å². The Hall–Kier alpha value is -0.660. The van der Waals surface area contributed by atoms with Gasteiger partial charge < -0.3 is 0 Å². The van der Waals surface area contributed by atoms with E-state index in [1.165, 1.54) is 25.7 Å². The van der Waals surface area contributed by atoms with Gasteiger partial charge in [-0.15, -0.1) is 0 Å². The van der Waals surface area contributed by atoms with Gasteiger partial charge in [0.25, 0.3) is 0 Å². The number of aliphatic imine (C=N–C) groups is 1. The van der Waals surface area contributed by atoms with Crippen LogP contribution in [0.3, 0.4) is 0 Å². The standard InChI is InChI=1S/C10H16N2/c1-7-3-2-4-8-6-12-10(11)9(8)5-7/h6-9,11H,2-5H2,1H3/t7-,8?,9?/m1/s1. The average Bonchev–Trinajstić information content (AvgIpc) is 2.31. The highest BCUT2D eigenvalue weighted by molar-refractivity contribution is 5.96. The molecule has 1 aliphatic carbocycles. The van der Waals surface area contributed by atoms with Crippen molar-refractivity contribution in [2.24, 2.45) is 22.7 Å². The van der Waals surface area contributed by atoms with Crippen LogP contribution in [0.25, 0.3) is 0 Å². The fourth-order valence-electron chi connectivity index (χ4n) is 2.39. The van der Waals surface area contributed by atoms with E-state index in [2.05, 4.69) is 11.9 Å². The molecule has 0 aromatic rings. The molecule has 0 aromatic heterocycles. The smallest absolute Gasteiger partial charge is 0.123 e. The van der Waals surface area contributed by atoms with Gasteiger partial charge in [0.05, 0.1) is 0 Å². The minimum atomic E-state index is 0.461. The molecule has 2 aliphatic rings. The summed E-state index contributed by atoms with van der Waals surface area (Å²) in [5, 5.41) is 7.66. The molecule has 1 N–H and O–H groups in total. The van der Waals surface area contributed by atoms with Gasteiger partial charge in [0, 0.05) is 18.1 Å². The highest BCUT2D eigenvalue weighted by Crippen LogP contribution is 2.34. The highest BCUT2D eigenvalue weighted by Gasteiger charge is 2.31. The number of nitrogens with zero attached hydrogens (tertiary/aromatic N) is 1. The second kappa shape index (κ2) is 3.00. The van der Waals surface area contributed by atoms with Crippen molar-refractivity contribution in [3.05, 3.63) is 0 Å². The van der Waals surface area contributed by atoms with Crippen LogP contribution in [0.15, 0.2) is 4.99 Å². The summed E-state index contributed by atoms with van der Waals surface area (Å²) in [5.41, 5.74) is 0. The van der Waals surface area contributed by atoms with Gasteiger partial charge in [-0.2, -0.15) is 0 Å². The minimum Gasteiger partial charge on any atom is -0.286 e. The number of rotatable bonds is 0. The molecule has 1 saturated carbocycles. The maximum Gasteiger partial charge on any atom is 0.123 e. The molecule has 1 aliphatic heterocycles. The lowest BCUT2D eigenvalue weighted by Crippen LogP contribution is -2.16. The second-order valence-corrected chi connectivity index (χ2v) is 4.21. The molecule has 0 spiro atoms. The molecule has 2 unspecified atom stereocenters. The van der Waals surface area contributed by atoms with Crippen LogP contribution in [0.1, 0.15) is 32.6 Å². The lowest BCUT2D eigenvalue weighted by molar-refractivity contribution is 0.450. The molecule has 2 heteroatoms. The third kappa shape index (κ3) is 1.30. The molecule has 0 bridgehead atoms. The third-order valence-electron chi connectivity index (χ3n) is 3.16. The van der Waals surface area contributed by atoms with Crippen molar-refractivity contribution >= 4 is 12.1 Å². The summed E-state index contributed by atoms with van der Waals surface area (Å²) >= 11 is 0. The normalized spacial score (nSPS) is 41.1. The SMILES string of the molecule is C[C@@H]1CCCC2C=NC(=N)C2C1. The van der Waals surface area contributed by atoms with E-state index in [-0.39, 0.29) is 0 Å². The Labute approximate surface area is 73.6 Å². The number of fused-ring (bicyclic) bond motifs is 1. The van der Waals surface area contributed by atoms with Crippen molar-refractivity contribution in [3.63, 3.8) is 0 Å². The van der Waals surface area contributed by atoms with Crippen LogP contribution in [0.5, 0.6) is 0 Å². The van der Waals surface area contributed by atoms with Crippen molar-refractivity contribution in [1.29, 1.82) is 5.41 Å². The predicted molar refractivity (Wildman–Crippen MR) is 50.8 cm³/mol. The summed E-state index contributed by atoms with van der Waals surface area (Å²) in [6, 6.07) is 0. The molecule has 66 valence electrons. The molecular formula is C10H16N2. The van der Waals surface area contributed by atoms with Gasteiger partial charge in [-0.05, 0) is 18.8 Å². The monoisotopic (exact) mass is 164 g/mol. The van der Waals surface area contributed by atoms with Crippen LogP contribution in [-0.2, 0) is 0 Å². The second-order valence-electron chi connectivity index (χ2n) is 4.21. The molecule has 2 nitrogen and oxygen atoms in total. The first kappa shape index (κ1) is 7.96. The molecule has 1 fully saturated rings. The maximum absolute atomic E-state index is 7.66. The van der Waals surface area contributed by atoms with Crippen molar-refractivity contribution in [2.75, 3.05) is 0 Å². The van der Waals surface area contributed by atoms with Crippen molar-refractivity contribution in [2.45, 2.75) is 32.6 Å². The van der Waals surface area contributed by atoms with Crippen LogP contribution in [-0.4, -0.2) is 12.1 Å². The van der Waals surface area contributed by atoms with Crippen LogP contribution in [0, 0.1) is 23.2 Å². The van der Waals surface area contributed by atoms with Gasteiger partial charge in [-0.1, -0.05) is 19.8 Å². The van der Waals surface area contributed by atoms with E-state index in [1.54, 1.807) is 0 Å². The molecule has 1 heterocycles. The minimum absolute atomic E-state index is 0.461. The fraction of sp³-hybridized carbons (Fsp3) is 0.800. The van der Waals surface area contributed by atoms with Gasteiger partial charge in [-0.25, -0.2) is 4.99 Å². The van der Waals surface area contributed by atoms with Gasteiger partial charge in [0.2, 0.25) is 0 Å². The first-order chi connectivity index (χ1) is 5.77. The van der Waals surface area contributed by atoms with E-state index in [4.69, 9.17) is 5.41 Å². The first-order valence-corrected chi connectivity index (χ1v) is 4.90. The molecule has 3 atom stereocenters. The molecular weight excluding hydrogens is 148 g/mol. The topological polar surface area (TPSA) is 36.2 Å². The Morgan fingerprint density at radius 1 is 1.50 bits per heavy atom. The van der Waals surface area contributed by atoms with E-state index < -0.39 is 0 Å². The largest absolute Gasteiger partial charge is 0.286 e. The van der Waals surface area contributed by atoms with E-state index in [0.717, 1.165) is 5.92 Å². The summed E-state index contributed by atoms with van der Waals surface area (Å²) in [6.07, 6.45) is 7.10. The summed E-state index contributed by atoms with van der Waals surface area (Å²) in [5.74, 6) is 2.49. The predicted octanol–water partition coefficient (Wildman–Crippen LogP) is 2.49. The lowest BCUT2D eigenvalue weighted by atomic mass is 9.88. The van der Waals surface area contributed by atoms with E-state index in [0.29, 0.717) is 17.7 Å². The molecule has 0 radical (unpaired) electrons. The molecule has 0 saturated heterocycles. The molecule has 2 rings (SSSR count). The number of hydrogen-bond acceptors (Lipinski definition) is 1. The van der Waals surface area contributed by atoms with Crippen LogP contribution in [0.2, 0.25) is 0 Å². The highest BCUT2D eigenvalue weighted by atomic mass is 14.9. The Bertz CT molecular complexity index is 220. The quantitative estimate of drug-likeness (QED) is 0.571. The van der Waals surface area contributed by atoms with Gasteiger partial charge in [0.15, 0.2) is 0 Å². The summed E-state index contributed by atoms with van der Waals surface area (Å²) in [6.45, 7) is 2.30. The van der Waals surface area contributed by atoms with E-state index >= 15 is 0 Å². The number of amidine groups is 1. The summed E-state index contributed by atoms with van der Waals surface area (Å²) in [4.78, 5) is 4.12. The van der Waals surface area contributed by atoms with Crippen LogP contribution in [0.4, 0.5) is 0 Å². The van der Waals surface area contributed by atoms with Crippen molar-refractivity contribution in [3.8, 4) is 0 Å². The van der Waals surface area contributed by atoms with Gasteiger partial charge >= 0.3 is 0 Å². The molecule has 12 heavy (non-hydrogen) atoms. The zero-order valence-electron chi connectivity index (χ0n) is 7.59. The Balaban J connectivity index is 2.12. The van der Waals surface area contributed by atoms with Gasteiger partial charge in [-0.3, -0.25) is 5.41 Å². The van der Waals surface area contributed by atoms with Crippen LogP contribution >= 0.6 is 0 Å². The van der Waals surface area contributed by atoms with E-state index in [9.17, 15) is 0 Å². The Morgan fingerprint density at radius 2 is 2.33 bits per heavy atom. The number of hydrogen-bond donors (Lipinski definition) is 1. The number of nitrogens with one attached hydrogen (secondary N) is 1. The summed E-state index contributed by atoms with van der Waals surface area (Å²) < 4.78 is 0. The first-order valence-electron chi connectivity index (χ1n) is 4.90. The molecule has 0 amide bonds. The van der Waals surface area contributed by atoms with Crippen molar-refractivity contribution in [1.82, 2.24) is 0 Å². The maximum atomic E-state index is 7.66. The van der Waals surface area contributed by atoms with Gasteiger partial charge in [0.1, 0.15) is 5.84 Å². The zero-order chi connectivity index (χ0) is 8.55. The fourth-order valence-corrected chi connectivity index (χ4v) is 2.39. The Kier molecular flexibility index (Phi) is 1.99. The molecule has 0 aromatic carbocycles. The zero-order valence-corrected chi connectivity index (χ0v) is 7.59. The third-order valence-corrected chi connectivity index (χ3v) is 3.16. The average molecular weight is 164 g/mol. The van der Waals surface area contributed by atoms with Crippen molar-refractivity contribution < 1.29 is 0 Å². The summed E-state index contributed by atoms with van der Waals surface area (Å²) in [7, 11) is 0. The van der Waals surface area contributed by atoms with Crippen LogP contribution < -0.4 is 0 Å². The Morgan fingerprint density at radius 3 is 3.17 bits per heavy atom. The lowest BCUT2D eigenvalue weighted by Gasteiger charge is -2.15.